The van der Waals surface area contributed by atoms with E-state index < -0.39 is 54.5 Å². The first-order valence-corrected chi connectivity index (χ1v) is 12.8. The average Bonchev–Trinajstić information content (AvgIpc) is 3.65. The zero-order chi connectivity index (χ0) is 28.1. The maximum Gasteiger partial charge on any atom is 0.418 e. The minimum absolute atomic E-state index is 0.114. The number of aliphatic hydroxyl groups is 2. The first kappa shape index (κ1) is 27.8. The summed E-state index contributed by atoms with van der Waals surface area (Å²) < 4.78 is 55.8. The monoisotopic (exact) mass is 606 g/mol. The summed E-state index contributed by atoms with van der Waals surface area (Å²) in [6.07, 6.45) is -6.81. The van der Waals surface area contributed by atoms with Crippen LogP contribution in [0.15, 0.2) is 40.8 Å². The Morgan fingerprint density at radius 3 is 2.67 bits per heavy atom. The van der Waals surface area contributed by atoms with Crippen molar-refractivity contribution in [1.29, 1.82) is 0 Å². The number of ether oxygens (including phenoxy) is 2. The molecular weight excluding hydrogens is 588 g/mol. The Bertz CT molecular complexity index is 1540. The van der Waals surface area contributed by atoms with Crippen LogP contribution in [-0.2, 0) is 15.7 Å². The summed E-state index contributed by atoms with van der Waals surface area (Å²) in [4.78, 5) is 13.9. The van der Waals surface area contributed by atoms with Crippen LogP contribution < -0.4 is 4.87 Å². The average molecular weight is 607 g/mol. The number of thiazole rings is 1. The van der Waals surface area contributed by atoms with Crippen LogP contribution in [0.2, 0.25) is 10.0 Å². The second-order valence-electron chi connectivity index (χ2n) is 8.55. The molecule has 208 valence electrons. The van der Waals surface area contributed by atoms with Crippen molar-refractivity contribution in [1.82, 2.24) is 29.8 Å². The maximum absolute atomic E-state index is 14.0. The molecule has 1 aromatic carbocycles. The third-order valence-corrected chi connectivity index (χ3v) is 7.68. The van der Waals surface area contributed by atoms with Crippen molar-refractivity contribution < 1.29 is 32.9 Å². The van der Waals surface area contributed by atoms with Crippen molar-refractivity contribution >= 4 is 34.5 Å². The van der Waals surface area contributed by atoms with Crippen molar-refractivity contribution in [2.75, 3.05) is 13.7 Å². The SMILES string of the molecule is CO[C@@H]1[C@@H](n2cc(-c3csc(=O)[nH]3)nn2)[C@@H](O)[C@@H](CO)O[C@H]1c1ccnn1-c1cc(Cl)c(Cl)cc1C(F)(F)F. The van der Waals surface area contributed by atoms with E-state index in [-0.39, 0.29) is 20.6 Å². The second kappa shape index (κ2) is 10.6. The largest absolute Gasteiger partial charge is 0.418 e. The van der Waals surface area contributed by atoms with E-state index in [1.807, 2.05) is 0 Å². The van der Waals surface area contributed by atoms with Gasteiger partial charge in [-0.2, -0.15) is 18.3 Å². The van der Waals surface area contributed by atoms with Crippen molar-refractivity contribution in [3.63, 3.8) is 0 Å². The van der Waals surface area contributed by atoms with Crippen LogP contribution in [0.25, 0.3) is 17.1 Å². The fourth-order valence-corrected chi connectivity index (χ4v) is 5.41. The molecule has 3 N–H and O–H groups in total. The van der Waals surface area contributed by atoms with Gasteiger partial charge < -0.3 is 24.7 Å². The van der Waals surface area contributed by atoms with Crippen LogP contribution in [0.1, 0.15) is 23.4 Å². The lowest BCUT2D eigenvalue weighted by molar-refractivity contribution is -0.216. The Morgan fingerprint density at radius 2 is 2.03 bits per heavy atom. The highest BCUT2D eigenvalue weighted by atomic mass is 35.5. The lowest BCUT2D eigenvalue weighted by Crippen LogP contribution is -2.53. The van der Waals surface area contributed by atoms with E-state index in [1.165, 1.54) is 30.3 Å². The molecule has 1 saturated heterocycles. The van der Waals surface area contributed by atoms with E-state index >= 15 is 0 Å². The molecule has 0 spiro atoms. The summed E-state index contributed by atoms with van der Waals surface area (Å²) >= 11 is 12.9. The van der Waals surface area contributed by atoms with Gasteiger partial charge in [0.25, 0.3) is 0 Å². The van der Waals surface area contributed by atoms with Gasteiger partial charge in [0.2, 0.25) is 0 Å². The Kier molecular flexibility index (Phi) is 7.58. The molecule has 11 nitrogen and oxygen atoms in total. The molecule has 39 heavy (non-hydrogen) atoms. The quantitative estimate of drug-likeness (QED) is 0.304. The minimum atomic E-state index is -4.80. The number of hydrogen-bond acceptors (Lipinski definition) is 9. The number of aliphatic hydroxyl groups excluding tert-OH is 2. The minimum Gasteiger partial charge on any atom is -0.394 e. The molecule has 17 heteroatoms. The van der Waals surface area contributed by atoms with Gasteiger partial charge in [0.15, 0.2) is 0 Å². The number of aromatic amines is 1. The Morgan fingerprint density at radius 1 is 1.28 bits per heavy atom. The number of aromatic nitrogens is 6. The van der Waals surface area contributed by atoms with Crippen LogP contribution in [0.3, 0.4) is 0 Å². The molecule has 0 bridgehead atoms. The molecule has 0 aliphatic carbocycles. The fourth-order valence-electron chi connectivity index (χ4n) is 4.52. The normalized spacial score (nSPS) is 23.8. The summed E-state index contributed by atoms with van der Waals surface area (Å²) in [5.74, 6) is 0. The smallest absolute Gasteiger partial charge is 0.394 e. The van der Waals surface area contributed by atoms with Crippen molar-refractivity contribution in [2.24, 2.45) is 0 Å². The molecule has 0 amide bonds. The predicted molar refractivity (Wildman–Crippen MR) is 133 cm³/mol. The Balaban J connectivity index is 1.60. The van der Waals surface area contributed by atoms with Gasteiger partial charge in [-0.05, 0) is 18.2 Å². The lowest BCUT2D eigenvalue weighted by Gasteiger charge is -2.43. The highest BCUT2D eigenvalue weighted by Crippen LogP contribution is 2.43. The van der Waals surface area contributed by atoms with Crippen LogP contribution in [-0.4, -0.2) is 72.0 Å². The van der Waals surface area contributed by atoms with E-state index in [1.54, 1.807) is 5.38 Å². The Hall–Kier alpha value is -2.79. The molecule has 1 aliphatic rings. The first-order chi connectivity index (χ1) is 18.5. The summed E-state index contributed by atoms with van der Waals surface area (Å²) in [7, 11) is 1.33. The van der Waals surface area contributed by atoms with E-state index in [0.29, 0.717) is 17.5 Å². The van der Waals surface area contributed by atoms with E-state index in [9.17, 15) is 28.2 Å². The van der Waals surface area contributed by atoms with Crippen LogP contribution in [0.4, 0.5) is 13.2 Å². The maximum atomic E-state index is 14.0. The summed E-state index contributed by atoms with van der Waals surface area (Å²) in [6.45, 7) is -0.626. The molecule has 1 aliphatic heterocycles. The molecule has 3 aromatic heterocycles. The van der Waals surface area contributed by atoms with Gasteiger partial charge in [-0.25, -0.2) is 9.36 Å². The van der Waals surface area contributed by atoms with Crippen molar-refractivity contribution in [3.05, 3.63) is 66.9 Å². The number of hydrogen-bond donors (Lipinski definition) is 3. The van der Waals surface area contributed by atoms with Crippen LogP contribution in [0, 0.1) is 0 Å². The second-order valence-corrected chi connectivity index (χ2v) is 10.2. The standard InChI is InChI=1S/C22H19Cl2F3N6O5S/c1-37-20-17(32-6-12(30-31-32)13-8-39-21(36)29-13)18(35)16(7-34)38-19(20)14-2-3-28-33(14)15-5-11(24)10(23)4-9(15)22(25,26)27/h2-6,8,16-20,34-35H,7H2,1H3,(H,29,36)/t16-,17+,18+,19+,20-/m1/s1. The lowest BCUT2D eigenvalue weighted by atomic mass is 9.90. The highest BCUT2D eigenvalue weighted by Gasteiger charge is 2.49. The molecule has 4 aromatic rings. The number of H-pyrrole nitrogens is 1. The van der Waals surface area contributed by atoms with Crippen LogP contribution in [0.5, 0.6) is 0 Å². The van der Waals surface area contributed by atoms with E-state index in [2.05, 4.69) is 20.4 Å². The van der Waals surface area contributed by atoms with E-state index in [4.69, 9.17) is 32.7 Å². The third-order valence-electron chi connectivity index (χ3n) is 6.29. The Labute approximate surface area is 231 Å². The molecule has 1 fully saturated rings. The number of nitrogens with zero attached hydrogens (tertiary/aromatic N) is 5. The number of benzene rings is 1. The van der Waals surface area contributed by atoms with Gasteiger partial charge in [0.1, 0.15) is 36.2 Å². The molecule has 0 saturated carbocycles. The van der Waals surface area contributed by atoms with Gasteiger partial charge in [0, 0.05) is 18.7 Å². The third kappa shape index (κ3) is 5.11. The number of nitrogens with one attached hydrogen (secondary N) is 1. The van der Waals surface area contributed by atoms with Gasteiger partial charge in [-0.15, -0.1) is 5.10 Å². The summed E-state index contributed by atoms with van der Waals surface area (Å²) in [5, 5.41) is 34.4. The zero-order valence-electron chi connectivity index (χ0n) is 19.7. The molecular formula is C22H19Cl2F3N6O5S. The summed E-state index contributed by atoms with van der Waals surface area (Å²) in [5.41, 5.74) is -0.687. The molecule has 4 heterocycles. The number of halogens is 5. The number of methoxy groups -OCH3 is 1. The molecule has 0 unspecified atom stereocenters. The highest BCUT2D eigenvalue weighted by molar-refractivity contribution is 7.07. The molecule has 5 rings (SSSR count). The van der Waals surface area contributed by atoms with Gasteiger partial charge in [-0.1, -0.05) is 39.8 Å². The van der Waals surface area contributed by atoms with Crippen molar-refractivity contribution in [3.8, 4) is 17.1 Å². The van der Waals surface area contributed by atoms with Crippen LogP contribution >= 0.6 is 34.5 Å². The number of rotatable bonds is 6. The summed E-state index contributed by atoms with van der Waals surface area (Å²) in [6, 6.07) is 2.15. The predicted octanol–water partition coefficient (Wildman–Crippen LogP) is 3.26. The number of alkyl halides is 3. The van der Waals surface area contributed by atoms with Gasteiger partial charge in [-0.3, -0.25) is 4.79 Å². The molecule has 5 atom stereocenters. The zero-order valence-corrected chi connectivity index (χ0v) is 22.0. The topological polar surface area (TPSA) is 140 Å². The molecule has 0 radical (unpaired) electrons. The van der Waals surface area contributed by atoms with Gasteiger partial charge >= 0.3 is 11.0 Å². The van der Waals surface area contributed by atoms with E-state index in [0.717, 1.165) is 22.1 Å². The van der Waals surface area contributed by atoms with Gasteiger partial charge in [0.05, 0.1) is 45.5 Å². The first-order valence-electron chi connectivity index (χ1n) is 11.2. The fraction of sp³-hybridized carbons (Fsp3) is 0.364. The van der Waals surface area contributed by atoms with Crippen molar-refractivity contribution in [2.45, 2.75) is 36.6 Å².